The smallest absolute Gasteiger partial charge is 0.314 e. The highest BCUT2D eigenvalue weighted by atomic mass is 16.4. The number of carboxylic acids is 1. The predicted octanol–water partition coefficient (Wildman–Crippen LogP) is 4.32. The predicted molar refractivity (Wildman–Crippen MR) is 92.6 cm³/mol. The zero-order valence-corrected chi connectivity index (χ0v) is 15.0. The summed E-state index contributed by atoms with van der Waals surface area (Å²) in [4.78, 5) is 12.5. The molecule has 132 valence electrons. The molecule has 1 saturated carbocycles. The van der Waals surface area contributed by atoms with Crippen molar-refractivity contribution in [2.75, 3.05) is 0 Å². The molecule has 0 aliphatic heterocycles. The molecule has 2 aliphatic carbocycles. The maximum absolute atomic E-state index is 12.5. The SMILES string of the molecule is CC(C)c1cc2c(c(O)c1O)[C@@]1(C(=O)O)CCCC(C)(C)[C@H]1CC2. The third-order valence-corrected chi connectivity index (χ3v) is 6.47. The Bertz CT molecular complexity index is 689. The number of benzene rings is 1. The summed E-state index contributed by atoms with van der Waals surface area (Å²) in [5.41, 5.74) is 0.881. The van der Waals surface area contributed by atoms with Crippen LogP contribution in [0.2, 0.25) is 0 Å². The maximum Gasteiger partial charge on any atom is 0.314 e. The Labute approximate surface area is 143 Å². The first kappa shape index (κ1) is 17.1. The summed E-state index contributed by atoms with van der Waals surface area (Å²) < 4.78 is 0. The summed E-state index contributed by atoms with van der Waals surface area (Å²) in [6.45, 7) is 8.20. The maximum atomic E-state index is 12.5. The second-order valence-corrected chi connectivity index (χ2v) is 8.56. The lowest BCUT2D eigenvalue weighted by Gasteiger charge is -2.53. The van der Waals surface area contributed by atoms with Crippen LogP contribution < -0.4 is 0 Å². The Morgan fingerprint density at radius 1 is 1.21 bits per heavy atom. The van der Waals surface area contributed by atoms with Gasteiger partial charge in [0.2, 0.25) is 0 Å². The van der Waals surface area contributed by atoms with Crippen LogP contribution in [0.1, 0.15) is 76.0 Å². The molecule has 4 heteroatoms. The summed E-state index contributed by atoms with van der Waals surface area (Å²) in [7, 11) is 0. The molecular formula is C20H28O4. The van der Waals surface area contributed by atoms with Gasteiger partial charge < -0.3 is 15.3 Å². The van der Waals surface area contributed by atoms with E-state index >= 15 is 0 Å². The number of hydrogen-bond acceptors (Lipinski definition) is 3. The number of aromatic hydroxyl groups is 2. The van der Waals surface area contributed by atoms with E-state index in [4.69, 9.17) is 0 Å². The molecule has 0 bridgehead atoms. The van der Waals surface area contributed by atoms with Crippen molar-refractivity contribution in [3.8, 4) is 11.5 Å². The Morgan fingerprint density at radius 3 is 2.46 bits per heavy atom. The third-order valence-electron chi connectivity index (χ3n) is 6.47. The number of aryl methyl sites for hydroxylation is 1. The van der Waals surface area contributed by atoms with Crippen LogP contribution in [0, 0.1) is 11.3 Å². The highest BCUT2D eigenvalue weighted by molar-refractivity contribution is 5.85. The van der Waals surface area contributed by atoms with Gasteiger partial charge >= 0.3 is 5.97 Å². The van der Waals surface area contributed by atoms with Crippen molar-refractivity contribution >= 4 is 5.97 Å². The van der Waals surface area contributed by atoms with Crippen molar-refractivity contribution < 1.29 is 20.1 Å². The number of rotatable bonds is 2. The van der Waals surface area contributed by atoms with E-state index in [9.17, 15) is 20.1 Å². The molecule has 24 heavy (non-hydrogen) atoms. The van der Waals surface area contributed by atoms with E-state index in [1.165, 1.54) is 0 Å². The number of carboxylic acid groups (broad SMARTS) is 1. The van der Waals surface area contributed by atoms with Crippen LogP contribution >= 0.6 is 0 Å². The van der Waals surface area contributed by atoms with Crippen molar-refractivity contribution in [2.24, 2.45) is 11.3 Å². The third kappa shape index (κ3) is 2.15. The molecule has 4 nitrogen and oxygen atoms in total. The van der Waals surface area contributed by atoms with Crippen molar-refractivity contribution in [1.29, 1.82) is 0 Å². The van der Waals surface area contributed by atoms with Gasteiger partial charge in [-0.15, -0.1) is 0 Å². The zero-order chi connectivity index (χ0) is 17.9. The Morgan fingerprint density at radius 2 is 1.88 bits per heavy atom. The number of phenols is 2. The van der Waals surface area contributed by atoms with Gasteiger partial charge in [0.25, 0.3) is 0 Å². The monoisotopic (exact) mass is 332 g/mol. The van der Waals surface area contributed by atoms with Gasteiger partial charge in [0, 0.05) is 11.1 Å². The minimum absolute atomic E-state index is 0.0288. The lowest BCUT2D eigenvalue weighted by atomic mass is 9.49. The van der Waals surface area contributed by atoms with E-state index in [-0.39, 0.29) is 28.7 Å². The molecule has 0 aromatic heterocycles. The van der Waals surface area contributed by atoms with E-state index < -0.39 is 11.4 Å². The summed E-state index contributed by atoms with van der Waals surface area (Å²) in [6.07, 6.45) is 3.91. The van der Waals surface area contributed by atoms with Gasteiger partial charge in [0.05, 0.1) is 5.41 Å². The largest absolute Gasteiger partial charge is 0.504 e. The standard InChI is InChI=1S/C20H28O4/c1-11(2)13-10-12-6-7-14-19(3,4)8-5-9-20(14,18(23)24)15(12)17(22)16(13)21/h10-11,14,21-22H,5-9H2,1-4H3,(H,23,24)/t14-,20-/m1/s1. The molecule has 1 fully saturated rings. The number of phenolic OH excluding ortho intramolecular Hbond substituents is 2. The normalized spacial score (nSPS) is 28.3. The molecule has 0 unspecified atom stereocenters. The fourth-order valence-corrected chi connectivity index (χ4v) is 5.31. The summed E-state index contributed by atoms with van der Waals surface area (Å²) in [5, 5.41) is 31.5. The van der Waals surface area contributed by atoms with Crippen LogP contribution in [0.4, 0.5) is 0 Å². The number of fused-ring (bicyclic) bond motifs is 3. The van der Waals surface area contributed by atoms with Gasteiger partial charge in [-0.1, -0.05) is 40.2 Å². The summed E-state index contributed by atoms with van der Waals surface area (Å²) in [6, 6.07) is 1.91. The zero-order valence-electron chi connectivity index (χ0n) is 15.0. The fourth-order valence-electron chi connectivity index (χ4n) is 5.31. The van der Waals surface area contributed by atoms with Crippen LogP contribution in [0.15, 0.2) is 6.07 Å². The molecule has 0 spiro atoms. The molecule has 0 saturated heterocycles. The van der Waals surface area contributed by atoms with E-state index in [1.54, 1.807) is 0 Å². The topological polar surface area (TPSA) is 77.8 Å². The van der Waals surface area contributed by atoms with Crippen molar-refractivity contribution in [3.05, 3.63) is 22.8 Å². The molecule has 3 rings (SSSR count). The quantitative estimate of drug-likeness (QED) is 0.705. The molecule has 1 aromatic carbocycles. The number of hydrogen-bond donors (Lipinski definition) is 3. The van der Waals surface area contributed by atoms with Gasteiger partial charge in [-0.2, -0.15) is 0 Å². The molecule has 2 atom stereocenters. The minimum Gasteiger partial charge on any atom is -0.504 e. The molecule has 0 amide bonds. The lowest BCUT2D eigenvalue weighted by molar-refractivity contribution is -0.152. The van der Waals surface area contributed by atoms with Crippen molar-refractivity contribution in [3.63, 3.8) is 0 Å². The van der Waals surface area contributed by atoms with Crippen LogP contribution in [-0.4, -0.2) is 21.3 Å². The second-order valence-electron chi connectivity index (χ2n) is 8.56. The molecule has 1 aromatic rings. The molecule has 0 heterocycles. The Hall–Kier alpha value is -1.71. The van der Waals surface area contributed by atoms with Gasteiger partial charge in [0.15, 0.2) is 11.5 Å². The first-order valence-electron chi connectivity index (χ1n) is 8.94. The average Bonchev–Trinajstić information content (AvgIpc) is 2.49. The van der Waals surface area contributed by atoms with Gasteiger partial charge in [-0.05, 0) is 48.5 Å². The van der Waals surface area contributed by atoms with E-state index in [2.05, 4.69) is 13.8 Å². The van der Waals surface area contributed by atoms with Gasteiger partial charge in [-0.3, -0.25) is 4.79 Å². The van der Waals surface area contributed by atoms with Crippen molar-refractivity contribution in [1.82, 2.24) is 0 Å². The summed E-state index contributed by atoms with van der Waals surface area (Å²) in [5.74, 6) is -1.18. The van der Waals surface area contributed by atoms with Crippen LogP contribution in [0.3, 0.4) is 0 Å². The molecular weight excluding hydrogens is 304 g/mol. The number of carbonyl (C=O) groups is 1. The fraction of sp³-hybridized carbons (Fsp3) is 0.650. The van der Waals surface area contributed by atoms with Crippen LogP contribution in [0.5, 0.6) is 11.5 Å². The minimum atomic E-state index is -1.09. The molecule has 2 aliphatic rings. The van der Waals surface area contributed by atoms with Crippen molar-refractivity contribution in [2.45, 2.75) is 71.1 Å². The average molecular weight is 332 g/mol. The first-order chi connectivity index (χ1) is 11.1. The van der Waals surface area contributed by atoms with Crippen LogP contribution in [-0.2, 0) is 16.6 Å². The highest BCUT2D eigenvalue weighted by Crippen LogP contribution is 2.60. The van der Waals surface area contributed by atoms with Crippen LogP contribution in [0.25, 0.3) is 0 Å². The van der Waals surface area contributed by atoms with E-state index in [1.807, 2.05) is 19.9 Å². The second kappa shape index (κ2) is 5.40. The highest BCUT2D eigenvalue weighted by Gasteiger charge is 2.58. The Kier molecular flexibility index (Phi) is 3.85. The van der Waals surface area contributed by atoms with Gasteiger partial charge in [0.1, 0.15) is 0 Å². The van der Waals surface area contributed by atoms with E-state index in [0.717, 1.165) is 31.2 Å². The number of aliphatic carboxylic acids is 1. The van der Waals surface area contributed by atoms with Gasteiger partial charge in [-0.25, -0.2) is 0 Å². The molecule has 3 N–H and O–H groups in total. The molecule has 0 radical (unpaired) electrons. The Balaban J connectivity index is 2.31. The van der Waals surface area contributed by atoms with E-state index in [0.29, 0.717) is 17.5 Å². The lowest BCUT2D eigenvalue weighted by Crippen LogP contribution is -2.54. The first-order valence-corrected chi connectivity index (χ1v) is 8.94. The summed E-state index contributed by atoms with van der Waals surface area (Å²) >= 11 is 0.